The monoisotopic (exact) mass is 204 g/mol. The smallest absolute Gasteiger partial charge is 0.249 e. The van der Waals surface area contributed by atoms with Crippen LogP contribution in [0.5, 0.6) is 0 Å². The average molecular weight is 204 g/mol. The molecular formula is C11H14N3O. The van der Waals surface area contributed by atoms with Crippen LogP contribution in [-0.4, -0.2) is 24.0 Å². The van der Waals surface area contributed by atoms with Gasteiger partial charge in [-0.05, 0) is 38.1 Å². The van der Waals surface area contributed by atoms with Crippen molar-refractivity contribution >= 4 is 11.6 Å². The first-order valence-corrected chi connectivity index (χ1v) is 5.22. The Morgan fingerprint density at radius 1 is 1.33 bits per heavy atom. The fourth-order valence-electron chi connectivity index (χ4n) is 1.71. The van der Waals surface area contributed by atoms with Gasteiger partial charge in [-0.2, -0.15) is 0 Å². The molecular weight excluding hydrogens is 190 g/mol. The number of nitrogens with one attached hydrogen (secondary N) is 1. The molecule has 0 atom stereocenters. The molecule has 1 saturated heterocycles. The van der Waals surface area contributed by atoms with Crippen LogP contribution in [0.1, 0.15) is 12.8 Å². The number of hydrogen-bond donors (Lipinski definition) is 1. The summed E-state index contributed by atoms with van der Waals surface area (Å²) in [6.07, 6.45) is 5.09. The molecule has 1 radical (unpaired) electrons. The second-order valence-electron chi connectivity index (χ2n) is 3.68. The Kier molecular flexibility index (Phi) is 3.29. The lowest BCUT2D eigenvalue weighted by molar-refractivity contribution is -0.124. The van der Waals surface area contributed by atoms with Crippen molar-refractivity contribution in [3.05, 3.63) is 24.5 Å². The van der Waals surface area contributed by atoms with Crippen LogP contribution in [0.3, 0.4) is 0 Å². The molecule has 1 aromatic rings. The van der Waals surface area contributed by atoms with E-state index in [1.807, 2.05) is 0 Å². The van der Waals surface area contributed by atoms with E-state index in [2.05, 4.69) is 15.6 Å². The number of rotatable bonds is 2. The minimum atomic E-state index is 0.00250. The lowest BCUT2D eigenvalue weighted by Gasteiger charge is -2.20. The lowest BCUT2D eigenvalue weighted by Crippen LogP contribution is -2.34. The first-order chi connectivity index (χ1) is 7.36. The molecule has 1 fully saturated rings. The zero-order valence-corrected chi connectivity index (χ0v) is 8.52. The summed E-state index contributed by atoms with van der Waals surface area (Å²) < 4.78 is 0. The summed E-state index contributed by atoms with van der Waals surface area (Å²) in [5, 5.41) is 7.31. The summed E-state index contributed by atoms with van der Waals surface area (Å²) in [6, 6.07) is 3.50. The number of amides is 1. The first-order valence-electron chi connectivity index (χ1n) is 5.22. The van der Waals surface area contributed by atoms with Crippen molar-refractivity contribution in [1.82, 2.24) is 15.6 Å². The predicted molar refractivity (Wildman–Crippen MR) is 56.6 cm³/mol. The molecule has 4 heteroatoms. The number of hydrogen-bond acceptors (Lipinski definition) is 3. The molecule has 2 heterocycles. The van der Waals surface area contributed by atoms with Crippen LogP contribution in [0.15, 0.2) is 24.5 Å². The Labute approximate surface area is 89.1 Å². The zero-order chi connectivity index (χ0) is 10.5. The van der Waals surface area contributed by atoms with Gasteiger partial charge in [0.15, 0.2) is 0 Å². The Morgan fingerprint density at radius 3 is 2.67 bits per heavy atom. The molecule has 1 aliphatic heterocycles. The maximum atomic E-state index is 11.8. The van der Waals surface area contributed by atoms with Crippen LogP contribution in [-0.2, 0) is 4.79 Å². The molecule has 1 aliphatic rings. The summed E-state index contributed by atoms with van der Waals surface area (Å²) in [6.45, 7) is 1.84. The molecule has 2 rings (SSSR count). The fraction of sp³-hybridized carbons (Fsp3) is 0.455. The average Bonchev–Trinajstić information content (AvgIpc) is 2.31. The van der Waals surface area contributed by atoms with E-state index >= 15 is 0 Å². The van der Waals surface area contributed by atoms with Crippen LogP contribution < -0.4 is 10.6 Å². The van der Waals surface area contributed by atoms with Crippen LogP contribution in [0.4, 0.5) is 5.69 Å². The van der Waals surface area contributed by atoms with E-state index < -0.39 is 0 Å². The number of carbonyl (C=O) groups is 1. The molecule has 0 aliphatic carbocycles. The van der Waals surface area contributed by atoms with Crippen molar-refractivity contribution < 1.29 is 4.79 Å². The van der Waals surface area contributed by atoms with E-state index in [1.165, 1.54) is 0 Å². The molecule has 0 saturated carbocycles. The van der Waals surface area contributed by atoms with E-state index in [-0.39, 0.29) is 11.8 Å². The second-order valence-corrected chi connectivity index (χ2v) is 3.68. The van der Waals surface area contributed by atoms with Crippen molar-refractivity contribution in [2.75, 3.05) is 13.1 Å². The van der Waals surface area contributed by atoms with Crippen LogP contribution >= 0.6 is 0 Å². The van der Waals surface area contributed by atoms with Crippen LogP contribution in [0, 0.1) is 5.92 Å². The molecule has 0 aromatic carbocycles. The first kappa shape index (κ1) is 10.1. The standard InChI is InChI=1S/C11H14N3O/c15-11(9-1-5-12-6-2-9)14-10-3-7-13-8-4-10/h3-4,7-9,12H,1-2,5-6H2. The molecule has 79 valence electrons. The van der Waals surface area contributed by atoms with Gasteiger partial charge in [-0.25, -0.2) is 5.32 Å². The normalized spacial score (nSPS) is 17.3. The Bertz CT molecular complexity index is 320. The predicted octanol–water partition coefficient (Wildman–Crippen LogP) is 0.844. The van der Waals surface area contributed by atoms with E-state index in [9.17, 15) is 4.79 Å². The third-order valence-corrected chi connectivity index (χ3v) is 2.59. The van der Waals surface area contributed by atoms with Gasteiger partial charge < -0.3 is 5.32 Å². The van der Waals surface area contributed by atoms with Gasteiger partial charge in [0.25, 0.3) is 0 Å². The van der Waals surface area contributed by atoms with Crippen LogP contribution in [0.25, 0.3) is 0 Å². The Balaban J connectivity index is 1.91. The molecule has 0 spiro atoms. The van der Waals surface area contributed by atoms with Gasteiger partial charge in [-0.1, -0.05) is 0 Å². The minimum Gasteiger partial charge on any atom is -0.317 e. The topological polar surface area (TPSA) is 56.1 Å². The van der Waals surface area contributed by atoms with Gasteiger partial charge >= 0.3 is 0 Å². The number of carbonyl (C=O) groups excluding carboxylic acids is 1. The molecule has 1 aromatic heterocycles. The van der Waals surface area contributed by atoms with E-state index in [4.69, 9.17) is 0 Å². The van der Waals surface area contributed by atoms with Gasteiger partial charge in [0.2, 0.25) is 5.91 Å². The maximum Gasteiger partial charge on any atom is 0.249 e. The SMILES string of the molecule is O=C([N]c1ccncc1)C1CCNCC1. The summed E-state index contributed by atoms with van der Waals surface area (Å²) in [4.78, 5) is 15.6. The second kappa shape index (κ2) is 4.89. The van der Waals surface area contributed by atoms with Gasteiger partial charge in [-0.15, -0.1) is 0 Å². The largest absolute Gasteiger partial charge is 0.317 e. The van der Waals surface area contributed by atoms with E-state index in [0.717, 1.165) is 25.9 Å². The number of piperidine rings is 1. The zero-order valence-electron chi connectivity index (χ0n) is 8.52. The van der Waals surface area contributed by atoms with Crippen molar-refractivity contribution in [1.29, 1.82) is 0 Å². The molecule has 1 amide bonds. The van der Waals surface area contributed by atoms with Gasteiger partial charge in [0, 0.05) is 18.3 Å². The maximum absolute atomic E-state index is 11.8. The molecule has 4 nitrogen and oxygen atoms in total. The summed E-state index contributed by atoms with van der Waals surface area (Å²) in [5.74, 6) is 0.0992. The molecule has 15 heavy (non-hydrogen) atoms. The van der Waals surface area contributed by atoms with Crippen molar-refractivity contribution in [2.24, 2.45) is 5.92 Å². The Morgan fingerprint density at radius 2 is 2.00 bits per heavy atom. The highest BCUT2D eigenvalue weighted by Crippen LogP contribution is 2.14. The highest BCUT2D eigenvalue weighted by molar-refractivity contribution is 5.82. The highest BCUT2D eigenvalue weighted by Gasteiger charge is 2.21. The van der Waals surface area contributed by atoms with Gasteiger partial charge in [0.05, 0.1) is 5.69 Å². The van der Waals surface area contributed by atoms with Gasteiger partial charge in [0.1, 0.15) is 0 Å². The van der Waals surface area contributed by atoms with Crippen LogP contribution in [0.2, 0.25) is 0 Å². The molecule has 0 bridgehead atoms. The highest BCUT2D eigenvalue weighted by atomic mass is 16.1. The number of nitrogens with zero attached hydrogens (tertiary/aromatic N) is 2. The summed E-state index contributed by atoms with van der Waals surface area (Å²) in [5.41, 5.74) is 0.702. The van der Waals surface area contributed by atoms with E-state index in [0.29, 0.717) is 5.69 Å². The Hall–Kier alpha value is -1.42. The molecule has 0 unspecified atom stereocenters. The fourth-order valence-corrected chi connectivity index (χ4v) is 1.71. The lowest BCUT2D eigenvalue weighted by atomic mass is 9.97. The van der Waals surface area contributed by atoms with E-state index in [1.54, 1.807) is 24.5 Å². The minimum absolute atomic E-state index is 0.00250. The summed E-state index contributed by atoms with van der Waals surface area (Å²) >= 11 is 0. The quantitative estimate of drug-likeness (QED) is 0.776. The molecule has 1 N–H and O–H groups in total. The van der Waals surface area contributed by atoms with Crippen molar-refractivity contribution in [3.63, 3.8) is 0 Å². The summed E-state index contributed by atoms with van der Waals surface area (Å²) in [7, 11) is 0. The van der Waals surface area contributed by atoms with Crippen molar-refractivity contribution in [3.8, 4) is 0 Å². The van der Waals surface area contributed by atoms with Gasteiger partial charge in [-0.3, -0.25) is 9.78 Å². The number of pyridine rings is 1. The number of aromatic nitrogens is 1. The third kappa shape index (κ3) is 2.76. The van der Waals surface area contributed by atoms with Crippen molar-refractivity contribution in [2.45, 2.75) is 12.8 Å². The third-order valence-electron chi connectivity index (χ3n) is 2.59.